The number of methoxy groups -OCH3 is 1. The largest absolute Gasteiger partial charge is 0.464 e. The van der Waals surface area contributed by atoms with Crippen molar-refractivity contribution in [3.05, 3.63) is 0 Å². The molecule has 0 fully saturated rings. The number of hydrogen-bond donors (Lipinski definition) is 1. The van der Waals surface area contributed by atoms with E-state index < -0.39 is 5.97 Å². The van der Waals surface area contributed by atoms with Gasteiger partial charge in [-0.25, -0.2) is 4.79 Å². The lowest BCUT2D eigenvalue weighted by Gasteiger charge is -2.01. The molecule has 0 unspecified atom stereocenters. The lowest BCUT2D eigenvalue weighted by atomic mass is 10.2. The van der Waals surface area contributed by atoms with Crippen LogP contribution >= 0.6 is 0 Å². The zero-order valence-electron chi connectivity index (χ0n) is 7.71. The maximum atomic E-state index is 11.0. The van der Waals surface area contributed by atoms with Gasteiger partial charge in [0.05, 0.1) is 12.8 Å². The molecule has 5 nitrogen and oxygen atoms in total. The number of aliphatic imine (C=N–C) groups is 1. The molecule has 0 bridgehead atoms. The number of rotatable bonds is 3. The molecule has 0 aromatic carbocycles. The molecule has 0 rings (SSSR count). The summed E-state index contributed by atoms with van der Waals surface area (Å²) in [5.41, 5.74) is 3.24. The number of hydrogen-bond acceptors (Lipinski definition) is 5. The van der Waals surface area contributed by atoms with E-state index in [1.807, 2.05) is 0 Å². The Hall–Kier alpha value is -1.39. The first kappa shape index (κ1) is 10.6. The highest BCUT2D eigenvalue weighted by atomic mass is 16.5. The van der Waals surface area contributed by atoms with E-state index in [9.17, 15) is 4.79 Å². The van der Waals surface area contributed by atoms with Gasteiger partial charge < -0.3 is 10.2 Å². The van der Waals surface area contributed by atoms with E-state index in [1.54, 1.807) is 21.0 Å². The molecule has 0 amide bonds. The van der Waals surface area contributed by atoms with Crippen molar-refractivity contribution < 1.29 is 9.53 Å². The van der Waals surface area contributed by atoms with E-state index in [1.165, 1.54) is 7.11 Å². The Labute approximate surface area is 71.5 Å². The zero-order valence-corrected chi connectivity index (χ0v) is 7.71. The fraction of sp³-hybridized carbons (Fsp3) is 0.571. The van der Waals surface area contributed by atoms with E-state index in [0.29, 0.717) is 5.71 Å². The number of ether oxygens (including phenoxy) is 1. The van der Waals surface area contributed by atoms with Gasteiger partial charge in [0.25, 0.3) is 0 Å². The summed E-state index contributed by atoms with van der Waals surface area (Å²) in [4.78, 5) is 14.8. The molecule has 0 aromatic heterocycles. The third kappa shape index (κ3) is 2.69. The molecule has 0 aliphatic carbocycles. The standard InChI is InChI=1S/C7H13N3O2/c1-5(8-2)6(10-9-3)7(11)12-4/h9H,1-4H3/b8-5?,10-6+. The van der Waals surface area contributed by atoms with Crippen molar-refractivity contribution in [1.29, 1.82) is 0 Å². The van der Waals surface area contributed by atoms with E-state index in [2.05, 4.69) is 20.3 Å². The quantitative estimate of drug-likeness (QED) is 0.364. The fourth-order valence-electron chi connectivity index (χ4n) is 0.589. The van der Waals surface area contributed by atoms with Gasteiger partial charge in [0.15, 0.2) is 5.71 Å². The van der Waals surface area contributed by atoms with Gasteiger partial charge in [-0.2, -0.15) is 5.10 Å². The number of hydrazone groups is 1. The van der Waals surface area contributed by atoms with Crippen LogP contribution in [0.1, 0.15) is 6.92 Å². The lowest BCUT2D eigenvalue weighted by Crippen LogP contribution is -2.25. The Morgan fingerprint density at radius 1 is 1.50 bits per heavy atom. The van der Waals surface area contributed by atoms with Crippen LogP contribution in [0, 0.1) is 0 Å². The predicted molar refractivity (Wildman–Crippen MR) is 47.5 cm³/mol. The van der Waals surface area contributed by atoms with Gasteiger partial charge >= 0.3 is 5.97 Å². The Kier molecular flexibility index (Phi) is 4.67. The van der Waals surface area contributed by atoms with Crippen LogP contribution in [-0.2, 0) is 9.53 Å². The highest BCUT2D eigenvalue weighted by molar-refractivity contribution is 6.65. The molecule has 0 saturated carbocycles. The minimum atomic E-state index is -0.493. The van der Waals surface area contributed by atoms with E-state index in [4.69, 9.17) is 0 Å². The summed E-state index contributed by atoms with van der Waals surface area (Å²) in [6.45, 7) is 1.69. The van der Waals surface area contributed by atoms with E-state index in [0.717, 1.165) is 0 Å². The normalized spacial score (nSPS) is 12.7. The topological polar surface area (TPSA) is 63.0 Å². The predicted octanol–water partition coefficient (Wildman–Crippen LogP) is -0.175. The van der Waals surface area contributed by atoms with Gasteiger partial charge in [-0.1, -0.05) is 0 Å². The molecule has 0 atom stereocenters. The van der Waals surface area contributed by atoms with Gasteiger partial charge in [-0.05, 0) is 6.92 Å². The first-order valence-corrected chi connectivity index (χ1v) is 3.43. The summed E-state index contributed by atoms with van der Waals surface area (Å²) in [6, 6.07) is 0. The highest BCUT2D eigenvalue weighted by Gasteiger charge is 2.14. The SMILES string of the molecule is CN=C(C)/C(=N\NC)C(=O)OC. The van der Waals surface area contributed by atoms with Crippen molar-refractivity contribution in [2.75, 3.05) is 21.2 Å². The van der Waals surface area contributed by atoms with Gasteiger partial charge in [-0.15, -0.1) is 0 Å². The minimum absolute atomic E-state index is 0.197. The summed E-state index contributed by atoms with van der Waals surface area (Å²) in [5.74, 6) is -0.493. The lowest BCUT2D eigenvalue weighted by molar-refractivity contribution is -0.132. The molecule has 0 heterocycles. The van der Waals surface area contributed by atoms with Crippen LogP contribution in [0.2, 0.25) is 0 Å². The molecule has 1 N–H and O–H groups in total. The second-order valence-electron chi connectivity index (χ2n) is 1.98. The van der Waals surface area contributed by atoms with Crippen molar-refractivity contribution in [3.8, 4) is 0 Å². The molecule has 0 spiro atoms. The minimum Gasteiger partial charge on any atom is -0.464 e. The average Bonchev–Trinajstić information content (AvgIpc) is 2.11. The first-order valence-electron chi connectivity index (χ1n) is 3.43. The number of carbonyl (C=O) groups excluding carboxylic acids is 1. The highest BCUT2D eigenvalue weighted by Crippen LogP contribution is 1.87. The van der Waals surface area contributed by atoms with E-state index in [-0.39, 0.29) is 5.71 Å². The molecule has 68 valence electrons. The summed E-state index contributed by atoms with van der Waals surface area (Å²) < 4.78 is 4.50. The van der Waals surface area contributed by atoms with Gasteiger partial charge in [-0.3, -0.25) is 4.99 Å². The molecule has 5 heteroatoms. The molecular weight excluding hydrogens is 158 g/mol. The summed E-state index contributed by atoms with van der Waals surface area (Å²) in [6.07, 6.45) is 0. The third-order valence-electron chi connectivity index (χ3n) is 1.28. The molecule has 0 aliphatic heterocycles. The first-order chi connectivity index (χ1) is 5.67. The average molecular weight is 171 g/mol. The van der Waals surface area contributed by atoms with Crippen molar-refractivity contribution in [2.45, 2.75) is 6.92 Å². The van der Waals surface area contributed by atoms with Crippen molar-refractivity contribution in [2.24, 2.45) is 10.1 Å². The Morgan fingerprint density at radius 2 is 2.08 bits per heavy atom. The van der Waals surface area contributed by atoms with Gasteiger partial charge in [0, 0.05) is 14.1 Å². The Morgan fingerprint density at radius 3 is 2.42 bits per heavy atom. The fourth-order valence-corrected chi connectivity index (χ4v) is 0.589. The molecule has 0 radical (unpaired) electrons. The molecule has 0 saturated heterocycles. The number of carbonyl (C=O) groups is 1. The van der Waals surface area contributed by atoms with Crippen LogP contribution in [0.15, 0.2) is 10.1 Å². The van der Waals surface area contributed by atoms with Crippen LogP contribution in [0.25, 0.3) is 0 Å². The smallest absolute Gasteiger partial charge is 0.360 e. The van der Waals surface area contributed by atoms with Gasteiger partial charge in [0.1, 0.15) is 0 Å². The number of nitrogens with zero attached hydrogens (tertiary/aromatic N) is 2. The van der Waals surface area contributed by atoms with Crippen LogP contribution in [0.3, 0.4) is 0 Å². The van der Waals surface area contributed by atoms with Crippen LogP contribution < -0.4 is 5.43 Å². The second-order valence-corrected chi connectivity index (χ2v) is 1.98. The van der Waals surface area contributed by atoms with Crippen molar-refractivity contribution in [1.82, 2.24) is 5.43 Å². The molecule has 0 aromatic rings. The monoisotopic (exact) mass is 171 g/mol. The second kappa shape index (κ2) is 5.29. The summed E-state index contributed by atoms with van der Waals surface area (Å²) >= 11 is 0. The van der Waals surface area contributed by atoms with E-state index >= 15 is 0 Å². The molecule has 0 aliphatic rings. The van der Waals surface area contributed by atoms with Gasteiger partial charge in [0.2, 0.25) is 0 Å². The number of esters is 1. The maximum absolute atomic E-state index is 11.0. The van der Waals surface area contributed by atoms with Crippen LogP contribution in [0.5, 0.6) is 0 Å². The molecule has 12 heavy (non-hydrogen) atoms. The summed E-state index contributed by atoms with van der Waals surface area (Å²) in [7, 11) is 4.49. The third-order valence-corrected chi connectivity index (χ3v) is 1.28. The molecular formula is C7H13N3O2. The summed E-state index contributed by atoms with van der Waals surface area (Å²) in [5, 5.41) is 3.73. The number of nitrogens with one attached hydrogen (secondary N) is 1. The zero-order chi connectivity index (χ0) is 9.56. The Bertz CT molecular complexity index is 221. The van der Waals surface area contributed by atoms with Crippen LogP contribution in [0.4, 0.5) is 0 Å². The van der Waals surface area contributed by atoms with Crippen LogP contribution in [-0.4, -0.2) is 38.6 Å². The maximum Gasteiger partial charge on any atom is 0.360 e. The van der Waals surface area contributed by atoms with Crippen molar-refractivity contribution >= 4 is 17.4 Å². The Balaban J connectivity index is 4.68. The van der Waals surface area contributed by atoms with Crippen molar-refractivity contribution in [3.63, 3.8) is 0 Å².